The third kappa shape index (κ3) is 2.60. The van der Waals surface area contributed by atoms with Crippen LogP contribution in [0.2, 0.25) is 5.02 Å². The molecular formula is C11H15ClN2S. The van der Waals surface area contributed by atoms with Gasteiger partial charge in [-0.1, -0.05) is 11.6 Å². The molecule has 0 spiro atoms. The maximum Gasteiger partial charge on any atom is 0.0559 e. The van der Waals surface area contributed by atoms with Crippen LogP contribution in [0.1, 0.15) is 0 Å². The van der Waals surface area contributed by atoms with Crippen LogP contribution >= 0.6 is 24.2 Å². The number of likely N-dealkylation sites (N-methyl/N-ethyl adjacent to an activating group) is 1. The second kappa shape index (κ2) is 4.64. The summed E-state index contributed by atoms with van der Waals surface area (Å²) in [5, 5.41) is 0.731. The van der Waals surface area contributed by atoms with Crippen LogP contribution in [0.4, 0.5) is 5.69 Å². The van der Waals surface area contributed by atoms with E-state index in [0.29, 0.717) is 0 Å². The fourth-order valence-electron chi connectivity index (χ4n) is 1.76. The van der Waals surface area contributed by atoms with Crippen molar-refractivity contribution in [1.29, 1.82) is 0 Å². The van der Waals surface area contributed by atoms with Gasteiger partial charge < -0.3 is 9.80 Å². The average molecular weight is 243 g/mol. The molecule has 1 aliphatic heterocycles. The first kappa shape index (κ1) is 11.1. The SMILES string of the molecule is CN1CCN(c2ccc(S)c(Cl)c2)CC1. The molecule has 0 amide bonds. The zero-order chi connectivity index (χ0) is 10.8. The number of thiol groups is 1. The van der Waals surface area contributed by atoms with Crippen molar-refractivity contribution < 1.29 is 0 Å². The van der Waals surface area contributed by atoms with E-state index in [1.54, 1.807) is 0 Å². The third-order valence-corrected chi connectivity index (χ3v) is 3.63. The van der Waals surface area contributed by atoms with Crippen LogP contribution in [0.3, 0.4) is 0 Å². The summed E-state index contributed by atoms with van der Waals surface area (Å²) in [5.41, 5.74) is 1.20. The van der Waals surface area contributed by atoms with Gasteiger partial charge in [-0.2, -0.15) is 0 Å². The van der Waals surface area contributed by atoms with Crippen molar-refractivity contribution in [1.82, 2.24) is 4.90 Å². The van der Waals surface area contributed by atoms with E-state index in [4.69, 9.17) is 11.6 Å². The highest BCUT2D eigenvalue weighted by Gasteiger charge is 2.14. The molecule has 0 radical (unpaired) electrons. The first-order valence-electron chi connectivity index (χ1n) is 5.09. The molecule has 1 saturated heterocycles. The second-order valence-corrected chi connectivity index (χ2v) is 4.82. The van der Waals surface area contributed by atoms with Crippen LogP contribution in [-0.4, -0.2) is 38.1 Å². The monoisotopic (exact) mass is 242 g/mol. The van der Waals surface area contributed by atoms with Crippen LogP contribution in [0.5, 0.6) is 0 Å². The van der Waals surface area contributed by atoms with E-state index in [2.05, 4.69) is 35.5 Å². The molecule has 1 heterocycles. The average Bonchev–Trinajstić information content (AvgIpc) is 2.23. The number of anilines is 1. The van der Waals surface area contributed by atoms with Crippen molar-refractivity contribution >= 4 is 29.9 Å². The Morgan fingerprint density at radius 1 is 1.20 bits per heavy atom. The van der Waals surface area contributed by atoms with Gasteiger partial charge in [-0.05, 0) is 25.2 Å². The van der Waals surface area contributed by atoms with Crippen molar-refractivity contribution in [2.24, 2.45) is 0 Å². The molecule has 0 saturated carbocycles. The van der Waals surface area contributed by atoms with E-state index in [1.807, 2.05) is 12.1 Å². The summed E-state index contributed by atoms with van der Waals surface area (Å²) in [6.45, 7) is 4.36. The maximum absolute atomic E-state index is 6.05. The van der Waals surface area contributed by atoms with E-state index in [1.165, 1.54) is 5.69 Å². The minimum absolute atomic E-state index is 0.731. The lowest BCUT2D eigenvalue weighted by Gasteiger charge is -2.34. The summed E-state index contributed by atoms with van der Waals surface area (Å²) in [6.07, 6.45) is 0. The molecule has 1 fully saturated rings. The lowest BCUT2D eigenvalue weighted by Crippen LogP contribution is -2.44. The Kier molecular flexibility index (Phi) is 3.44. The highest BCUT2D eigenvalue weighted by atomic mass is 35.5. The van der Waals surface area contributed by atoms with Crippen LogP contribution < -0.4 is 4.90 Å². The first-order valence-corrected chi connectivity index (χ1v) is 5.91. The number of piperazine rings is 1. The second-order valence-electron chi connectivity index (χ2n) is 3.93. The summed E-state index contributed by atoms with van der Waals surface area (Å²) >= 11 is 10.3. The minimum Gasteiger partial charge on any atom is -0.369 e. The Bertz CT molecular complexity index is 348. The van der Waals surface area contributed by atoms with Gasteiger partial charge in [0.15, 0.2) is 0 Å². The Labute approximate surface area is 101 Å². The molecule has 2 nitrogen and oxygen atoms in total. The lowest BCUT2D eigenvalue weighted by molar-refractivity contribution is 0.313. The van der Waals surface area contributed by atoms with Gasteiger partial charge >= 0.3 is 0 Å². The fourth-order valence-corrected chi connectivity index (χ4v) is 2.07. The lowest BCUT2D eigenvalue weighted by atomic mass is 10.2. The standard InChI is InChI=1S/C11H15ClN2S/c1-13-4-6-14(7-5-13)9-2-3-11(15)10(12)8-9/h2-3,8,15H,4-7H2,1H3. The largest absolute Gasteiger partial charge is 0.369 e. The molecule has 15 heavy (non-hydrogen) atoms. The van der Waals surface area contributed by atoms with Gasteiger partial charge in [0.05, 0.1) is 5.02 Å². The van der Waals surface area contributed by atoms with Gasteiger partial charge in [0.2, 0.25) is 0 Å². The molecule has 0 bridgehead atoms. The van der Waals surface area contributed by atoms with Gasteiger partial charge in [0.25, 0.3) is 0 Å². The Hall–Kier alpha value is -0.380. The summed E-state index contributed by atoms with van der Waals surface area (Å²) in [4.78, 5) is 5.54. The maximum atomic E-state index is 6.05. The molecule has 0 aliphatic carbocycles. The number of rotatable bonds is 1. The van der Waals surface area contributed by atoms with Gasteiger partial charge in [0.1, 0.15) is 0 Å². The summed E-state index contributed by atoms with van der Waals surface area (Å²) < 4.78 is 0. The van der Waals surface area contributed by atoms with Crippen LogP contribution in [0, 0.1) is 0 Å². The fraction of sp³-hybridized carbons (Fsp3) is 0.455. The number of hydrogen-bond acceptors (Lipinski definition) is 3. The quantitative estimate of drug-likeness (QED) is 0.756. The zero-order valence-corrected chi connectivity index (χ0v) is 10.4. The Morgan fingerprint density at radius 3 is 2.47 bits per heavy atom. The molecule has 0 unspecified atom stereocenters. The van der Waals surface area contributed by atoms with Crippen molar-refractivity contribution in [3.63, 3.8) is 0 Å². The smallest absolute Gasteiger partial charge is 0.0559 e. The Morgan fingerprint density at radius 2 is 1.87 bits per heavy atom. The molecule has 82 valence electrons. The van der Waals surface area contributed by atoms with Crippen molar-refractivity contribution in [3.8, 4) is 0 Å². The topological polar surface area (TPSA) is 6.48 Å². The van der Waals surface area contributed by atoms with Gasteiger partial charge in [-0.3, -0.25) is 0 Å². The number of halogens is 1. The van der Waals surface area contributed by atoms with E-state index < -0.39 is 0 Å². The van der Waals surface area contributed by atoms with Crippen LogP contribution in [0.15, 0.2) is 23.1 Å². The third-order valence-electron chi connectivity index (χ3n) is 2.80. The molecule has 0 N–H and O–H groups in total. The summed E-state index contributed by atoms with van der Waals surface area (Å²) in [5.74, 6) is 0. The van der Waals surface area contributed by atoms with Crippen LogP contribution in [-0.2, 0) is 0 Å². The summed E-state index contributed by atoms with van der Waals surface area (Å²) in [6, 6.07) is 6.04. The first-order chi connectivity index (χ1) is 7.16. The van der Waals surface area contributed by atoms with Crippen molar-refractivity contribution in [2.45, 2.75) is 4.90 Å². The van der Waals surface area contributed by atoms with E-state index in [9.17, 15) is 0 Å². The zero-order valence-electron chi connectivity index (χ0n) is 8.78. The molecule has 0 atom stereocenters. The number of benzene rings is 1. The van der Waals surface area contributed by atoms with Gasteiger partial charge in [-0.25, -0.2) is 0 Å². The van der Waals surface area contributed by atoms with Crippen LogP contribution in [0.25, 0.3) is 0 Å². The van der Waals surface area contributed by atoms with E-state index >= 15 is 0 Å². The highest BCUT2D eigenvalue weighted by Crippen LogP contribution is 2.26. The minimum atomic E-state index is 0.731. The molecule has 0 aromatic heterocycles. The predicted molar refractivity (Wildman–Crippen MR) is 68.4 cm³/mol. The van der Waals surface area contributed by atoms with E-state index in [0.717, 1.165) is 36.1 Å². The normalized spacial score (nSPS) is 18.2. The predicted octanol–water partition coefficient (Wildman–Crippen LogP) is 2.38. The van der Waals surface area contributed by atoms with Crippen molar-refractivity contribution in [3.05, 3.63) is 23.2 Å². The summed E-state index contributed by atoms with van der Waals surface area (Å²) in [7, 11) is 2.15. The number of hydrogen-bond donors (Lipinski definition) is 1. The molecule has 1 aliphatic rings. The van der Waals surface area contributed by atoms with Gasteiger partial charge in [-0.15, -0.1) is 12.6 Å². The van der Waals surface area contributed by atoms with Crippen molar-refractivity contribution in [2.75, 3.05) is 38.1 Å². The molecule has 1 aromatic rings. The molecule has 4 heteroatoms. The van der Waals surface area contributed by atoms with E-state index in [-0.39, 0.29) is 0 Å². The van der Waals surface area contributed by atoms with Gasteiger partial charge in [0, 0.05) is 36.8 Å². The molecule has 1 aromatic carbocycles. The molecule has 2 rings (SSSR count). The Balaban J connectivity index is 2.12. The number of nitrogens with zero attached hydrogens (tertiary/aromatic N) is 2. The highest BCUT2D eigenvalue weighted by molar-refractivity contribution is 7.80. The molecular weight excluding hydrogens is 228 g/mol.